The van der Waals surface area contributed by atoms with Gasteiger partial charge in [-0.25, -0.2) is 9.69 Å². The Kier molecular flexibility index (Phi) is 7.78. The Balaban J connectivity index is 1.68. The number of anilines is 1. The Morgan fingerprint density at radius 1 is 0.946 bits per heavy atom. The fraction of sp³-hybridized carbons (Fsp3) is 0.207. The van der Waals surface area contributed by atoms with Crippen molar-refractivity contribution >= 4 is 45.5 Å². The molecule has 1 aliphatic heterocycles. The van der Waals surface area contributed by atoms with Crippen LogP contribution in [0.1, 0.15) is 34.7 Å². The average Bonchev–Trinajstić information content (AvgIpc) is 2.83. The van der Waals surface area contributed by atoms with E-state index in [1.165, 1.54) is 6.08 Å². The van der Waals surface area contributed by atoms with Crippen molar-refractivity contribution in [3.8, 4) is 11.5 Å². The molecule has 3 aromatic rings. The van der Waals surface area contributed by atoms with Gasteiger partial charge in [0.15, 0.2) is 11.5 Å². The zero-order valence-corrected chi connectivity index (χ0v) is 22.6. The molecule has 7 nitrogen and oxygen atoms in total. The molecule has 8 heteroatoms. The zero-order valence-electron chi connectivity index (χ0n) is 21.1. The van der Waals surface area contributed by atoms with Gasteiger partial charge >= 0.3 is 6.03 Å². The topological polar surface area (TPSA) is 84.9 Å². The fourth-order valence-electron chi connectivity index (χ4n) is 4.03. The van der Waals surface area contributed by atoms with E-state index in [0.717, 1.165) is 27.2 Å². The molecule has 1 heterocycles. The first kappa shape index (κ1) is 26.2. The summed E-state index contributed by atoms with van der Waals surface area (Å²) in [7, 11) is 0. The molecule has 4 rings (SSSR count). The number of benzene rings is 3. The maximum absolute atomic E-state index is 13.4. The second-order valence-corrected chi connectivity index (χ2v) is 9.64. The quantitative estimate of drug-likeness (QED) is 0.281. The van der Waals surface area contributed by atoms with Crippen LogP contribution in [-0.2, 0) is 16.2 Å². The van der Waals surface area contributed by atoms with Crippen molar-refractivity contribution in [2.75, 3.05) is 11.5 Å². The summed E-state index contributed by atoms with van der Waals surface area (Å²) in [6.45, 7) is 8.28. The highest BCUT2D eigenvalue weighted by atomic mass is 79.9. The van der Waals surface area contributed by atoms with E-state index in [-0.39, 0.29) is 5.57 Å². The summed E-state index contributed by atoms with van der Waals surface area (Å²) >= 11 is 3.54. The van der Waals surface area contributed by atoms with E-state index in [1.807, 2.05) is 57.2 Å². The van der Waals surface area contributed by atoms with Crippen molar-refractivity contribution < 1.29 is 23.9 Å². The van der Waals surface area contributed by atoms with Gasteiger partial charge in [0.1, 0.15) is 12.2 Å². The van der Waals surface area contributed by atoms with Gasteiger partial charge in [0.2, 0.25) is 0 Å². The van der Waals surface area contributed by atoms with Gasteiger partial charge in [-0.05, 0) is 90.2 Å². The van der Waals surface area contributed by atoms with Crippen LogP contribution >= 0.6 is 15.9 Å². The normalized spacial score (nSPS) is 14.7. The van der Waals surface area contributed by atoms with Crippen LogP contribution in [0, 0.1) is 20.8 Å². The van der Waals surface area contributed by atoms with E-state index < -0.39 is 17.8 Å². The van der Waals surface area contributed by atoms with Crippen molar-refractivity contribution in [1.82, 2.24) is 5.32 Å². The molecule has 1 fully saturated rings. The highest BCUT2D eigenvalue weighted by Crippen LogP contribution is 2.38. The van der Waals surface area contributed by atoms with E-state index >= 15 is 0 Å². The Bertz CT molecular complexity index is 1430. The van der Waals surface area contributed by atoms with Crippen LogP contribution in [0.2, 0.25) is 0 Å². The van der Waals surface area contributed by atoms with Crippen LogP contribution in [0.15, 0.2) is 64.6 Å². The lowest BCUT2D eigenvalue weighted by molar-refractivity contribution is -0.122. The number of nitrogens with zero attached hydrogens (tertiary/aromatic N) is 1. The summed E-state index contributed by atoms with van der Waals surface area (Å²) < 4.78 is 12.5. The Morgan fingerprint density at radius 2 is 1.70 bits per heavy atom. The molecule has 0 bridgehead atoms. The van der Waals surface area contributed by atoms with Gasteiger partial charge in [0.25, 0.3) is 11.8 Å². The van der Waals surface area contributed by atoms with Crippen LogP contribution in [0.3, 0.4) is 0 Å². The Morgan fingerprint density at radius 3 is 2.43 bits per heavy atom. The third-order valence-corrected chi connectivity index (χ3v) is 6.40. The third-order valence-electron chi connectivity index (χ3n) is 5.82. The number of aryl methyl sites for hydroxylation is 3. The minimum Gasteiger partial charge on any atom is -0.490 e. The molecule has 3 aromatic carbocycles. The molecule has 0 atom stereocenters. The summed E-state index contributed by atoms with van der Waals surface area (Å²) in [5.41, 5.74) is 4.57. The molecule has 1 N–H and O–H groups in total. The van der Waals surface area contributed by atoms with Crippen molar-refractivity contribution in [2.45, 2.75) is 34.3 Å². The number of nitrogens with one attached hydrogen (secondary N) is 1. The molecule has 4 amide bonds. The molecule has 190 valence electrons. The van der Waals surface area contributed by atoms with Gasteiger partial charge in [-0.15, -0.1) is 0 Å². The lowest BCUT2D eigenvalue weighted by Crippen LogP contribution is -2.54. The third kappa shape index (κ3) is 5.75. The molecule has 0 aliphatic carbocycles. The first-order valence-corrected chi connectivity index (χ1v) is 12.6. The van der Waals surface area contributed by atoms with Crippen molar-refractivity contribution in [1.29, 1.82) is 0 Å². The van der Waals surface area contributed by atoms with Crippen LogP contribution in [0.4, 0.5) is 10.5 Å². The summed E-state index contributed by atoms with van der Waals surface area (Å²) in [5.74, 6) is -0.485. The standard InChI is InChI=1S/C29H27BrN2O5/c1-5-36-25-15-21(14-23(30)26(25)37-16-20-8-6-7-17(2)11-20)13-22-27(33)31-29(35)32(28(22)34)24-12-18(3)9-10-19(24)4/h6-15H,5,16H2,1-4H3,(H,31,33,35)/b22-13+. The number of hydrogen-bond donors (Lipinski definition) is 1. The van der Waals surface area contributed by atoms with Gasteiger partial charge in [0, 0.05) is 0 Å². The first-order valence-electron chi connectivity index (χ1n) is 11.8. The van der Waals surface area contributed by atoms with Crippen LogP contribution in [0.5, 0.6) is 11.5 Å². The number of halogens is 1. The summed E-state index contributed by atoms with van der Waals surface area (Å²) in [6, 6.07) is 16.1. The minimum absolute atomic E-state index is 0.164. The van der Waals surface area contributed by atoms with E-state index in [4.69, 9.17) is 9.47 Å². The average molecular weight is 563 g/mol. The number of imide groups is 2. The van der Waals surface area contributed by atoms with Crippen LogP contribution in [0.25, 0.3) is 6.08 Å². The molecule has 0 radical (unpaired) electrons. The Labute approximate surface area is 224 Å². The number of hydrogen-bond acceptors (Lipinski definition) is 5. The smallest absolute Gasteiger partial charge is 0.335 e. The predicted octanol–water partition coefficient (Wildman–Crippen LogP) is 6.02. The largest absolute Gasteiger partial charge is 0.490 e. The van der Waals surface area contributed by atoms with E-state index in [0.29, 0.717) is 40.4 Å². The summed E-state index contributed by atoms with van der Waals surface area (Å²) in [4.78, 5) is 39.7. The van der Waals surface area contributed by atoms with Crippen molar-refractivity contribution in [3.63, 3.8) is 0 Å². The number of barbiturate groups is 1. The summed E-state index contributed by atoms with van der Waals surface area (Å²) in [6.07, 6.45) is 1.44. The lowest BCUT2D eigenvalue weighted by atomic mass is 10.0. The van der Waals surface area contributed by atoms with Gasteiger partial charge in [-0.3, -0.25) is 14.9 Å². The lowest BCUT2D eigenvalue weighted by Gasteiger charge is -2.28. The van der Waals surface area contributed by atoms with E-state index in [9.17, 15) is 14.4 Å². The maximum atomic E-state index is 13.4. The Hall–Kier alpha value is -3.91. The number of ether oxygens (including phenoxy) is 2. The van der Waals surface area contributed by atoms with Crippen LogP contribution < -0.4 is 19.7 Å². The van der Waals surface area contributed by atoms with Gasteiger partial charge in [-0.2, -0.15) is 0 Å². The fourth-order valence-corrected chi connectivity index (χ4v) is 4.61. The molecule has 0 spiro atoms. The SMILES string of the molecule is CCOc1cc(/C=C2\C(=O)NC(=O)N(c3cc(C)ccc3C)C2=O)cc(Br)c1OCc1cccc(C)c1. The van der Waals surface area contributed by atoms with Crippen molar-refractivity contribution in [3.05, 3.63) is 92.5 Å². The van der Waals surface area contributed by atoms with Gasteiger partial charge < -0.3 is 9.47 Å². The molecule has 1 saturated heterocycles. The van der Waals surface area contributed by atoms with Crippen LogP contribution in [-0.4, -0.2) is 24.5 Å². The van der Waals surface area contributed by atoms with E-state index in [1.54, 1.807) is 25.1 Å². The predicted molar refractivity (Wildman–Crippen MR) is 146 cm³/mol. The monoisotopic (exact) mass is 562 g/mol. The minimum atomic E-state index is -0.781. The zero-order chi connectivity index (χ0) is 26.7. The second kappa shape index (κ2) is 11.0. The number of amides is 4. The molecule has 0 aromatic heterocycles. The highest BCUT2D eigenvalue weighted by molar-refractivity contribution is 9.10. The maximum Gasteiger partial charge on any atom is 0.335 e. The van der Waals surface area contributed by atoms with E-state index in [2.05, 4.69) is 21.2 Å². The molecular weight excluding hydrogens is 536 g/mol. The summed E-state index contributed by atoms with van der Waals surface area (Å²) in [5, 5.41) is 2.28. The van der Waals surface area contributed by atoms with Gasteiger partial charge in [-0.1, -0.05) is 42.0 Å². The number of urea groups is 1. The van der Waals surface area contributed by atoms with Gasteiger partial charge in [0.05, 0.1) is 16.8 Å². The number of rotatable bonds is 7. The molecule has 37 heavy (non-hydrogen) atoms. The molecule has 0 saturated carbocycles. The molecule has 0 unspecified atom stereocenters. The molecular formula is C29H27BrN2O5. The highest BCUT2D eigenvalue weighted by Gasteiger charge is 2.37. The number of carbonyl (C=O) groups is 3. The molecule has 1 aliphatic rings. The first-order chi connectivity index (χ1) is 17.7. The van der Waals surface area contributed by atoms with Crippen molar-refractivity contribution in [2.24, 2.45) is 0 Å². The number of carbonyl (C=O) groups excluding carboxylic acids is 3. The second-order valence-electron chi connectivity index (χ2n) is 8.79.